The molecule has 2 N–H and O–H groups in total. The number of hydrogen-bond donors (Lipinski definition) is 2. The number of aryl methyl sites for hydroxylation is 1. The maximum Gasteiger partial charge on any atom is 0.255 e. The Balaban J connectivity index is 1.91. The molecule has 0 spiro atoms. The van der Waals surface area contributed by atoms with E-state index in [9.17, 15) is 9.59 Å². The van der Waals surface area contributed by atoms with Crippen LogP contribution in [-0.2, 0) is 0 Å². The van der Waals surface area contributed by atoms with Crippen LogP contribution in [0.4, 0.5) is 5.69 Å². The zero-order valence-electron chi connectivity index (χ0n) is 16.0. The first-order valence-corrected chi connectivity index (χ1v) is 10.2. The Kier molecular flexibility index (Phi) is 8.24. The molecule has 0 atom stereocenters. The number of halogens is 1. The highest BCUT2D eigenvalue weighted by molar-refractivity contribution is 14.1. The van der Waals surface area contributed by atoms with Gasteiger partial charge in [0.2, 0.25) is 0 Å². The first-order chi connectivity index (χ1) is 12.9. The van der Waals surface area contributed by atoms with Gasteiger partial charge in [-0.1, -0.05) is 19.9 Å². The Labute approximate surface area is 174 Å². The van der Waals surface area contributed by atoms with E-state index in [1.54, 1.807) is 24.3 Å². The number of carbonyl (C=O) groups is 2. The lowest BCUT2D eigenvalue weighted by molar-refractivity contribution is 0.0948. The van der Waals surface area contributed by atoms with Crippen LogP contribution < -0.4 is 10.6 Å². The fourth-order valence-corrected chi connectivity index (χ4v) is 3.13. The maximum atomic E-state index is 12.4. The summed E-state index contributed by atoms with van der Waals surface area (Å²) in [6.07, 6.45) is 0. The van der Waals surface area contributed by atoms with Crippen LogP contribution in [0.3, 0.4) is 0 Å². The van der Waals surface area contributed by atoms with Gasteiger partial charge >= 0.3 is 0 Å². The largest absolute Gasteiger partial charge is 0.351 e. The van der Waals surface area contributed by atoms with Gasteiger partial charge in [-0.3, -0.25) is 9.59 Å². The summed E-state index contributed by atoms with van der Waals surface area (Å²) in [6, 6.07) is 12.5. The van der Waals surface area contributed by atoms with Gasteiger partial charge in [-0.25, -0.2) is 0 Å². The molecule has 0 radical (unpaired) electrons. The van der Waals surface area contributed by atoms with Gasteiger partial charge in [0.1, 0.15) is 0 Å². The molecule has 2 rings (SSSR count). The van der Waals surface area contributed by atoms with Gasteiger partial charge in [0, 0.05) is 33.5 Å². The lowest BCUT2D eigenvalue weighted by atomic mass is 10.1. The fourth-order valence-electron chi connectivity index (χ4n) is 2.61. The van der Waals surface area contributed by atoms with E-state index in [2.05, 4.69) is 52.0 Å². The summed E-state index contributed by atoms with van der Waals surface area (Å²) in [5.74, 6) is -0.266. The minimum Gasteiger partial charge on any atom is -0.351 e. The van der Waals surface area contributed by atoms with Gasteiger partial charge in [0.05, 0.1) is 0 Å². The fraction of sp³-hybridized carbons (Fsp3) is 0.333. The number of rotatable bonds is 8. The van der Waals surface area contributed by atoms with Gasteiger partial charge in [-0.2, -0.15) is 0 Å². The van der Waals surface area contributed by atoms with Crippen LogP contribution in [0, 0.1) is 10.5 Å². The molecule has 0 heterocycles. The van der Waals surface area contributed by atoms with E-state index in [1.807, 2.05) is 25.1 Å². The number of anilines is 1. The van der Waals surface area contributed by atoms with Gasteiger partial charge < -0.3 is 15.5 Å². The van der Waals surface area contributed by atoms with Crippen LogP contribution >= 0.6 is 22.6 Å². The van der Waals surface area contributed by atoms with Crippen LogP contribution in [-0.4, -0.2) is 42.9 Å². The van der Waals surface area contributed by atoms with Gasteiger partial charge in [-0.05, 0) is 84.6 Å². The molecule has 0 saturated carbocycles. The van der Waals surface area contributed by atoms with Crippen molar-refractivity contribution >= 4 is 40.1 Å². The minimum atomic E-state index is -0.163. The Morgan fingerprint density at radius 3 is 2.19 bits per heavy atom. The van der Waals surface area contributed by atoms with Gasteiger partial charge in [0.15, 0.2) is 0 Å². The standard InChI is InChI=1S/C21H26IN3O2/c1-4-25(5-2)13-12-23-20(26)16-8-10-18(11-9-16)24-21(27)17-7-6-15(3)19(22)14-17/h6-11,14H,4-5,12-13H2,1-3H3,(H,23,26)(H,24,27). The monoisotopic (exact) mass is 479 g/mol. The van der Waals surface area contributed by atoms with Crippen LogP contribution in [0.25, 0.3) is 0 Å². The van der Waals surface area contributed by atoms with Crippen molar-refractivity contribution in [3.63, 3.8) is 0 Å². The van der Waals surface area contributed by atoms with Crippen molar-refractivity contribution in [3.8, 4) is 0 Å². The van der Waals surface area contributed by atoms with Gasteiger partial charge in [0.25, 0.3) is 11.8 Å². The molecular formula is C21H26IN3O2. The third-order valence-corrected chi connectivity index (χ3v) is 5.61. The molecule has 5 nitrogen and oxygen atoms in total. The van der Waals surface area contributed by atoms with Crippen LogP contribution in [0.15, 0.2) is 42.5 Å². The number of nitrogens with zero attached hydrogens (tertiary/aromatic N) is 1. The molecule has 2 aromatic carbocycles. The van der Waals surface area contributed by atoms with E-state index in [0.717, 1.165) is 28.8 Å². The van der Waals surface area contributed by atoms with E-state index < -0.39 is 0 Å². The van der Waals surface area contributed by atoms with E-state index in [-0.39, 0.29) is 11.8 Å². The molecule has 0 aliphatic heterocycles. The smallest absolute Gasteiger partial charge is 0.255 e. The average Bonchev–Trinajstić information content (AvgIpc) is 2.67. The third-order valence-electron chi connectivity index (χ3n) is 4.45. The normalized spacial score (nSPS) is 10.7. The SMILES string of the molecule is CCN(CC)CCNC(=O)c1ccc(NC(=O)c2ccc(C)c(I)c2)cc1. The highest BCUT2D eigenvalue weighted by Gasteiger charge is 2.09. The summed E-state index contributed by atoms with van der Waals surface area (Å²) in [7, 11) is 0. The topological polar surface area (TPSA) is 61.4 Å². The molecule has 0 aliphatic carbocycles. The second-order valence-corrected chi connectivity index (χ2v) is 7.44. The molecule has 0 fully saturated rings. The summed E-state index contributed by atoms with van der Waals surface area (Å²) in [6.45, 7) is 9.62. The Bertz CT molecular complexity index is 787. The van der Waals surface area contributed by atoms with Crippen molar-refractivity contribution in [2.45, 2.75) is 20.8 Å². The molecule has 0 saturated heterocycles. The number of amides is 2. The van der Waals surface area contributed by atoms with Crippen molar-refractivity contribution in [2.24, 2.45) is 0 Å². The van der Waals surface area contributed by atoms with Crippen molar-refractivity contribution in [2.75, 3.05) is 31.5 Å². The van der Waals surface area contributed by atoms with Crippen LogP contribution in [0.5, 0.6) is 0 Å². The Hall–Kier alpha value is -1.93. The molecule has 0 aromatic heterocycles. The van der Waals surface area contributed by atoms with Crippen LogP contribution in [0.1, 0.15) is 40.1 Å². The average molecular weight is 479 g/mol. The number of benzene rings is 2. The first kappa shape index (κ1) is 21.4. The number of likely N-dealkylation sites (N-methyl/N-ethyl adjacent to an activating group) is 1. The molecule has 0 aliphatic rings. The van der Waals surface area contributed by atoms with E-state index in [4.69, 9.17) is 0 Å². The maximum absolute atomic E-state index is 12.4. The van der Waals surface area contributed by atoms with Gasteiger partial charge in [-0.15, -0.1) is 0 Å². The quantitative estimate of drug-likeness (QED) is 0.565. The summed E-state index contributed by atoms with van der Waals surface area (Å²) < 4.78 is 1.05. The number of carbonyl (C=O) groups excluding carboxylic acids is 2. The second-order valence-electron chi connectivity index (χ2n) is 6.28. The van der Waals surface area contributed by atoms with Crippen molar-refractivity contribution in [3.05, 3.63) is 62.7 Å². The van der Waals surface area contributed by atoms with E-state index in [1.165, 1.54) is 0 Å². The molecule has 27 heavy (non-hydrogen) atoms. The zero-order chi connectivity index (χ0) is 19.8. The predicted octanol–water partition coefficient (Wildman–Crippen LogP) is 3.92. The predicted molar refractivity (Wildman–Crippen MR) is 118 cm³/mol. The van der Waals surface area contributed by atoms with Crippen LogP contribution in [0.2, 0.25) is 0 Å². The van der Waals surface area contributed by atoms with Crippen molar-refractivity contribution in [1.82, 2.24) is 10.2 Å². The lowest BCUT2D eigenvalue weighted by Gasteiger charge is -2.18. The number of nitrogens with one attached hydrogen (secondary N) is 2. The molecule has 0 unspecified atom stereocenters. The zero-order valence-corrected chi connectivity index (χ0v) is 18.2. The molecule has 2 aromatic rings. The molecule has 144 valence electrons. The third kappa shape index (κ3) is 6.32. The minimum absolute atomic E-state index is 0.104. The Morgan fingerprint density at radius 2 is 1.59 bits per heavy atom. The molecule has 2 amide bonds. The lowest BCUT2D eigenvalue weighted by Crippen LogP contribution is -2.34. The highest BCUT2D eigenvalue weighted by atomic mass is 127. The van der Waals surface area contributed by atoms with Crippen molar-refractivity contribution in [1.29, 1.82) is 0 Å². The summed E-state index contributed by atoms with van der Waals surface area (Å²) in [4.78, 5) is 26.8. The summed E-state index contributed by atoms with van der Waals surface area (Å²) in [5.41, 5.74) is 3.00. The molecular weight excluding hydrogens is 453 g/mol. The van der Waals surface area contributed by atoms with Crippen molar-refractivity contribution < 1.29 is 9.59 Å². The summed E-state index contributed by atoms with van der Waals surface area (Å²) in [5, 5.41) is 5.79. The van der Waals surface area contributed by atoms with E-state index in [0.29, 0.717) is 23.4 Å². The highest BCUT2D eigenvalue weighted by Crippen LogP contribution is 2.16. The number of hydrogen-bond acceptors (Lipinski definition) is 3. The van der Waals surface area contributed by atoms with E-state index >= 15 is 0 Å². The molecule has 0 bridgehead atoms. The Morgan fingerprint density at radius 1 is 0.963 bits per heavy atom. The first-order valence-electron chi connectivity index (χ1n) is 9.12. The molecule has 6 heteroatoms. The summed E-state index contributed by atoms with van der Waals surface area (Å²) >= 11 is 2.22. The second kappa shape index (κ2) is 10.4.